The maximum absolute atomic E-state index is 13.4. The highest BCUT2D eigenvalue weighted by Gasteiger charge is 2.43. The molecule has 0 spiro atoms. The van der Waals surface area contributed by atoms with Crippen molar-refractivity contribution in [2.24, 2.45) is 0 Å². The number of imide groups is 1. The molecule has 1 aliphatic rings. The van der Waals surface area contributed by atoms with Crippen LogP contribution in [0.4, 0.5) is 9.18 Å². The molecule has 118 valence electrons. The lowest BCUT2D eigenvalue weighted by atomic mass is 10.1. The van der Waals surface area contributed by atoms with Crippen LogP contribution in [0.1, 0.15) is 25.8 Å². The topological polar surface area (TPSA) is 78.5 Å². The highest BCUT2D eigenvalue weighted by Crippen LogP contribution is 2.16. The van der Waals surface area contributed by atoms with E-state index in [1.807, 2.05) is 0 Å². The van der Waals surface area contributed by atoms with Gasteiger partial charge in [0.25, 0.3) is 5.91 Å². The first-order chi connectivity index (χ1) is 10.3. The van der Waals surface area contributed by atoms with Gasteiger partial charge in [-0.15, -0.1) is 0 Å². The molecule has 4 amide bonds. The van der Waals surface area contributed by atoms with Gasteiger partial charge in [-0.2, -0.15) is 0 Å². The quantitative estimate of drug-likeness (QED) is 0.801. The number of hydrogen-bond donors (Lipinski definition) is 2. The van der Waals surface area contributed by atoms with E-state index >= 15 is 0 Å². The molecule has 7 heteroatoms. The SMILES string of the molecule is CC1(C)NC(=O)N(CCC(=O)NCc2ccccc2F)C1=O. The summed E-state index contributed by atoms with van der Waals surface area (Å²) in [7, 11) is 0. The van der Waals surface area contributed by atoms with E-state index in [1.54, 1.807) is 32.0 Å². The van der Waals surface area contributed by atoms with Crippen molar-refractivity contribution < 1.29 is 18.8 Å². The van der Waals surface area contributed by atoms with Crippen molar-refractivity contribution in [1.29, 1.82) is 0 Å². The Labute approximate surface area is 127 Å². The Hall–Kier alpha value is -2.44. The van der Waals surface area contributed by atoms with Crippen molar-refractivity contribution >= 4 is 17.8 Å². The van der Waals surface area contributed by atoms with Crippen LogP contribution < -0.4 is 10.6 Å². The Morgan fingerprint density at radius 3 is 2.59 bits per heavy atom. The second kappa shape index (κ2) is 6.13. The van der Waals surface area contributed by atoms with E-state index in [1.165, 1.54) is 6.07 Å². The molecule has 0 saturated carbocycles. The lowest BCUT2D eigenvalue weighted by Crippen LogP contribution is -2.40. The predicted octanol–water partition coefficient (Wildman–Crippen LogP) is 1.16. The molecule has 2 rings (SSSR count). The Morgan fingerprint density at radius 2 is 2.00 bits per heavy atom. The average molecular weight is 307 g/mol. The molecule has 0 atom stereocenters. The average Bonchev–Trinajstić information content (AvgIpc) is 2.64. The molecule has 0 aliphatic carbocycles. The van der Waals surface area contributed by atoms with E-state index in [0.29, 0.717) is 5.56 Å². The molecule has 1 saturated heterocycles. The van der Waals surface area contributed by atoms with Crippen LogP contribution in [-0.2, 0) is 16.1 Å². The Bertz CT molecular complexity index is 616. The number of benzene rings is 1. The minimum Gasteiger partial charge on any atom is -0.352 e. The van der Waals surface area contributed by atoms with Gasteiger partial charge in [0.2, 0.25) is 5.91 Å². The second-order valence-electron chi connectivity index (χ2n) is 5.63. The first-order valence-corrected chi connectivity index (χ1v) is 6.95. The third-order valence-corrected chi connectivity index (χ3v) is 3.44. The zero-order valence-electron chi connectivity index (χ0n) is 12.5. The highest BCUT2D eigenvalue weighted by atomic mass is 19.1. The van der Waals surface area contributed by atoms with Crippen molar-refractivity contribution in [3.05, 3.63) is 35.6 Å². The van der Waals surface area contributed by atoms with E-state index in [4.69, 9.17) is 0 Å². The normalized spacial score (nSPS) is 16.6. The number of nitrogens with zero attached hydrogens (tertiary/aromatic N) is 1. The summed E-state index contributed by atoms with van der Waals surface area (Å²) in [6.07, 6.45) is -0.0241. The number of hydrogen-bond acceptors (Lipinski definition) is 3. The van der Waals surface area contributed by atoms with E-state index in [9.17, 15) is 18.8 Å². The Morgan fingerprint density at radius 1 is 1.32 bits per heavy atom. The monoisotopic (exact) mass is 307 g/mol. The summed E-state index contributed by atoms with van der Waals surface area (Å²) in [6.45, 7) is 3.27. The van der Waals surface area contributed by atoms with Gasteiger partial charge in [-0.05, 0) is 19.9 Å². The van der Waals surface area contributed by atoms with Gasteiger partial charge in [-0.25, -0.2) is 9.18 Å². The number of amides is 4. The van der Waals surface area contributed by atoms with Crippen LogP contribution in [0, 0.1) is 5.82 Å². The largest absolute Gasteiger partial charge is 0.352 e. The van der Waals surface area contributed by atoms with Crippen LogP contribution in [-0.4, -0.2) is 34.8 Å². The summed E-state index contributed by atoms with van der Waals surface area (Å²) in [5.74, 6) is -1.10. The molecule has 0 radical (unpaired) electrons. The molecule has 2 N–H and O–H groups in total. The lowest BCUT2D eigenvalue weighted by molar-refractivity contribution is -0.130. The molecule has 1 aromatic rings. The zero-order chi connectivity index (χ0) is 16.3. The van der Waals surface area contributed by atoms with Gasteiger partial charge in [0.05, 0.1) is 0 Å². The summed E-state index contributed by atoms with van der Waals surface area (Å²) >= 11 is 0. The van der Waals surface area contributed by atoms with Gasteiger partial charge < -0.3 is 10.6 Å². The smallest absolute Gasteiger partial charge is 0.325 e. The standard InChI is InChI=1S/C15H18FN3O3/c1-15(2)13(21)19(14(22)18-15)8-7-12(20)17-9-10-5-3-4-6-11(10)16/h3-6H,7-9H2,1-2H3,(H,17,20)(H,18,22). The number of urea groups is 1. The van der Waals surface area contributed by atoms with Gasteiger partial charge in [0.1, 0.15) is 11.4 Å². The molecule has 1 aliphatic heterocycles. The maximum atomic E-state index is 13.4. The third-order valence-electron chi connectivity index (χ3n) is 3.44. The zero-order valence-corrected chi connectivity index (χ0v) is 12.5. The fourth-order valence-electron chi connectivity index (χ4n) is 2.16. The Kier molecular flexibility index (Phi) is 4.44. The van der Waals surface area contributed by atoms with Crippen LogP contribution in [0.2, 0.25) is 0 Å². The fraction of sp³-hybridized carbons (Fsp3) is 0.400. The molecule has 1 aromatic carbocycles. The minimum absolute atomic E-state index is 0.00278. The molecular formula is C15H18FN3O3. The first-order valence-electron chi connectivity index (χ1n) is 6.95. The second-order valence-corrected chi connectivity index (χ2v) is 5.63. The molecule has 1 fully saturated rings. The van der Waals surface area contributed by atoms with Gasteiger partial charge >= 0.3 is 6.03 Å². The van der Waals surface area contributed by atoms with Crippen LogP contribution >= 0.6 is 0 Å². The number of nitrogens with one attached hydrogen (secondary N) is 2. The van der Waals surface area contributed by atoms with Gasteiger partial charge in [0, 0.05) is 25.1 Å². The molecule has 1 heterocycles. The number of halogens is 1. The van der Waals surface area contributed by atoms with Gasteiger partial charge in [0.15, 0.2) is 0 Å². The molecule has 0 unspecified atom stereocenters. The van der Waals surface area contributed by atoms with Crippen LogP contribution in [0.25, 0.3) is 0 Å². The maximum Gasteiger partial charge on any atom is 0.325 e. The summed E-state index contributed by atoms with van der Waals surface area (Å²) in [4.78, 5) is 36.4. The minimum atomic E-state index is -0.944. The van der Waals surface area contributed by atoms with Crippen molar-refractivity contribution in [2.45, 2.75) is 32.4 Å². The van der Waals surface area contributed by atoms with Crippen LogP contribution in [0.5, 0.6) is 0 Å². The van der Waals surface area contributed by atoms with Gasteiger partial charge in [-0.1, -0.05) is 18.2 Å². The summed E-state index contributed by atoms with van der Waals surface area (Å²) in [5.41, 5.74) is -0.562. The van der Waals surface area contributed by atoms with Crippen molar-refractivity contribution in [2.75, 3.05) is 6.54 Å². The number of carbonyl (C=O) groups is 3. The van der Waals surface area contributed by atoms with E-state index in [2.05, 4.69) is 10.6 Å². The summed E-state index contributed by atoms with van der Waals surface area (Å²) in [6, 6.07) is 5.64. The third kappa shape index (κ3) is 3.41. The Balaban J connectivity index is 1.83. The highest BCUT2D eigenvalue weighted by molar-refractivity contribution is 6.06. The molecule has 0 bridgehead atoms. The van der Waals surface area contributed by atoms with Crippen LogP contribution in [0.3, 0.4) is 0 Å². The predicted molar refractivity (Wildman–Crippen MR) is 77.2 cm³/mol. The van der Waals surface area contributed by atoms with Crippen molar-refractivity contribution in [3.63, 3.8) is 0 Å². The molecule has 0 aromatic heterocycles. The molecule has 6 nitrogen and oxygen atoms in total. The summed E-state index contributed by atoms with van der Waals surface area (Å²) in [5, 5.41) is 5.10. The molecular weight excluding hydrogens is 289 g/mol. The number of rotatable bonds is 5. The van der Waals surface area contributed by atoms with E-state index in [0.717, 1.165) is 4.90 Å². The summed E-state index contributed by atoms with van der Waals surface area (Å²) < 4.78 is 13.4. The van der Waals surface area contributed by atoms with E-state index in [-0.39, 0.29) is 31.3 Å². The van der Waals surface area contributed by atoms with Crippen molar-refractivity contribution in [3.8, 4) is 0 Å². The van der Waals surface area contributed by atoms with Crippen LogP contribution in [0.15, 0.2) is 24.3 Å². The first kappa shape index (κ1) is 15.9. The van der Waals surface area contributed by atoms with Gasteiger partial charge in [-0.3, -0.25) is 14.5 Å². The van der Waals surface area contributed by atoms with E-state index < -0.39 is 17.4 Å². The molecule has 22 heavy (non-hydrogen) atoms. The number of carbonyl (C=O) groups excluding carboxylic acids is 3. The lowest BCUT2D eigenvalue weighted by Gasteiger charge is -2.15. The van der Waals surface area contributed by atoms with Crippen molar-refractivity contribution in [1.82, 2.24) is 15.5 Å². The fourth-order valence-corrected chi connectivity index (χ4v) is 2.16.